The van der Waals surface area contributed by atoms with Gasteiger partial charge in [0.25, 0.3) is 0 Å². The average Bonchev–Trinajstić information content (AvgIpc) is 2.85. The number of hydrogen-bond acceptors (Lipinski definition) is 5. The zero-order valence-corrected chi connectivity index (χ0v) is 25.7. The van der Waals surface area contributed by atoms with Crippen LogP contribution in [-0.4, -0.2) is 49.2 Å². The van der Waals surface area contributed by atoms with Crippen molar-refractivity contribution in [1.82, 2.24) is 4.90 Å². The molecule has 0 spiro atoms. The lowest BCUT2D eigenvalue weighted by atomic mass is 10.0. The van der Waals surface area contributed by atoms with Crippen molar-refractivity contribution in [3.8, 4) is 0 Å². The molecule has 5 heteroatoms. The van der Waals surface area contributed by atoms with E-state index in [0.717, 1.165) is 56.8 Å². The van der Waals surface area contributed by atoms with E-state index in [1.807, 2.05) is 0 Å². The van der Waals surface area contributed by atoms with Gasteiger partial charge in [-0.25, -0.2) is 0 Å². The Hall–Kier alpha value is -1.10. The van der Waals surface area contributed by atoms with E-state index in [9.17, 15) is 9.59 Å². The van der Waals surface area contributed by atoms with Crippen LogP contribution in [-0.2, 0) is 19.1 Å². The summed E-state index contributed by atoms with van der Waals surface area (Å²) in [5.74, 6) is 1.34. The summed E-state index contributed by atoms with van der Waals surface area (Å²) in [6, 6.07) is 0.391. The Labute approximate surface area is 230 Å². The van der Waals surface area contributed by atoms with Crippen molar-refractivity contribution in [2.24, 2.45) is 11.8 Å². The van der Waals surface area contributed by atoms with Gasteiger partial charge in [-0.05, 0) is 37.5 Å². The highest BCUT2D eigenvalue weighted by molar-refractivity contribution is 5.70. The molecule has 0 radical (unpaired) electrons. The molecule has 1 atom stereocenters. The van der Waals surface area contributed by atoms with Gasteiger partial charge in [0.15, 0.2) is 0 Å². The van der Waals surface area contributed by atoms with Crippen LogP contribution in [0, 0.1) is 11.8 Å². The van der Waals surface area contributed by atoms with Crippen LogP contribution in [0.15, 0.2) is 0 Å². The van der Waals surface area contributed by atoms with Gasteiger partial charge >= 0.3 is 11.9 Å². The molecule has 1 unspecified atom stereocenters. The Kier molecular flexibility index (Phi) is 24.4. The number of hydrogen-bond donors (Lipinski definition) is 0. The molecule has 220 valence electrons. The second-order valence-corrected chi connectivity index (χ2v) is 11.7. The number of esters is 2. The summed E-state index contributed by atoms with van der Waals surface area (Å²) in [6.07, 6.45) is 18.3. The highest BCUT2D eigenvalue weighted by Crippen LogP contribution is 2.14. The summed E-state index contributed by atoms with van der Waals surface area (Å²) in [6.45, 7) is 15.8. The van der Waals surface area contributed by atoms with Crippen LogP contribution in [0.4, 0.5) is 0 Å². The number of ether oxygens (including phenoxy) is 2. The van der Waals surface area contributed by atoms with E-state index in [1.165, 1.54) is 51.4 Å². The summed E-state index contributed by atoms with van der Waals surface area (Å²) >= 11 is 0. The molecule has 0 amide bonds. The highest BCUT2D eigenvalue weighted by Gasteiger charge is 2.19. The fraction of sp³-hybridized carbons (Fsp3) is 0.938. The molecule has 0 rings (SSSR count). The molecule has 0 aromatic heterocycles. The van der Waals surface area contributed by atoms with Crippen molar-refractivity contribution >= 4 is 11.9 Å². The maximum atomic E-state index is 12.3. The van der Waals surface area contributed by atoms with Gasteiger partial charge in [0.2, 0.25) is 0 Å². The van der Waals surface area contributed by atoms with Crippen LogP contribution in [0.3, 0.4) is 0 Å². The largest absolute Gasteiger partial charge is 0.466 e. The molecule has 0 saturated carbocycles. The molecule has 0 aromatic rings. The van der Waals surface area contributed by atoms with E-state index in [2.05, 4.69) is 46.4 Å². The first-order chi connectivity index (χ1) is 17.8. The van der Waals surface area contributed by atoms with Crippen molar-refractivity contribution in [3.63, 3.8) is 0 Å². The zero-order valence-electron chi connectivity index (χ0n) is 25.7. The van der Waals surface area contributed by atoms with Crippen molar-refractivity contribution in [2.75, 3.05) is 26.3 Å². The number of carbonyl (C=O) groups is 2. The summed E-state index contributed by atoms with van der Waals surface area (Å²) in [5, 5.41) is 0. The third-order valence-electron chi connectivity index (χ3n) is 7.19. The first-order valence-electron chi connectivity index (χ1n) is 15.8. The standard InChI is InChI=1S/C32H63NO4/c1-7-19-30(8-2)33(24-22-31(34)36-26-17-13-9-11-15-20-28(3)4)25-23-32(35)37-27-18-14-10-12-16-21-29(5)6/h28-30H,7-27H2,1-6H3. The van der Waals surface area contributed by atoms with E-state index in [1.54, 1.807) is 0 Å². The Morgan fingerprint density at radius 2 is 1.00 bits per heavy atom. The van der Waals surface area contributed by atoms with E-state index >= 15 is 0 Å². The zero-order chi connectivity index (χ0) is 27.7. The molecule has 0 aliphatic heterocycles. The molecule has 0 N–H and O–H groups in total. The van der Waals surface area contributed by atoms with Gasteiger partial charge in [0.05, 0.1) is 26.1 Å². The minimum Gasteiger partial charge on any atom is -0.466 e. The molecule has 0 bridgehead atoms. The minimum atomic E-state index is -0.118. The fourth-order valence-corrected chi connectivity index (χ4v) is 4.81. The van der Waals surface area contributed by atoms with Gasteiger partial charge in [-0.3, -0.25) is 14.5 Å². The maximum absolute atomic E-state index is 12.3. The molecule has 0 aromatic carbocycles. The van der Waals surface area contributed by atoms with Crippen molar-refractivity contribution in [1.29, 1.82) is 0 Å². The molecule has 0 fully saturated rings. The van der Waals surface area contributed by atoms with Gasteiger partial charge in [-0.1, -0.05) is 112 Å². The van der Waals surface area contributed by atoms with Gasteiger partial charge in [0.1, 0.15) is 0 Å². The third kappa shape index (κ3) is 23.7. The average molecular weight is 526 g/mol. The summed E-state index contributed by atoms with van der Waals surface area (Å²) < 4.78 is 11.0. The quantitative estimate of drug-likeness (QED) is 0.0834. The van der Waals surface area contributed by atoms with E-state index < -0.39 is 0 Å². The molecule has 0 aliphatic carbocycles. The van der Waals surface area contributed by atoms with Crippen LogP contribution in [0.5, 0.6) is 0 Å². The highest BCUT2D eigenvalue weighted by atomic mass is 16.5. The Morgan fingerprint density at radius 3 is 1.38 bits per heavy atom. The Bertz CT molecular complexity index is 495. The predicted octanol–water partition coefficient (Wildman–Crippen LogP) is 8.73. The van der Waals surface area contributed by atoms with Crippen LogP contribution >= 0.6 is 0 Å². The second-order valence-electron chi connectivity index (χ2n) is 11.7. The molecule has 0 saturated heterocycles. The minimum absolute atomic E-state index is 0.118. The predicted molar refractivity (Wildman–Crippen MR) is 157 cm³/mol. The van der Waals surface area contributed by atoms with Gasteiger partial charge in [-0.2, -0.15) is 0 Å². The maximum Gasteiger partial charge on any atom is 0.307 e. The lowest BCUT2D eigenvalue weighted by Gasteiger charge is -2.30. The molecule has 5 nitrogen and oxygen atoms in total. The summed E-state index contributed by atoms with van der Waals surface area (Å²) in [7, 11) is 0. The molecular weight excluding hydrogens is 462 g/mol. The van der Waals surface area contributed by atoms with Crippen LogP contribution in [0.25, 0.3) is 0 Å². The van der Waals surface area contributed by atoms with E-state index in [4.69, 9.17) is 9.47 Å². The first kappa shape index (κ1) is 35.9. The fourth-order valence-electron chi connectivity index (χ4n) is 4.81. The molecule has 37 heavy (non-hydrogen) atoms. The van der Waals surface area contributed by atoms with Gasteiger partial charge < -0.3 is 9.47 Å². The monoisotopic (exact) mass is 525 g/mol. The van der Waals surface area contributed by atoms with Crippen LogP contribution < -0.4 is 0 Å². The first-order valence-corrected chi connectivity index (χ1v) is 15.8. The number of carbonyl (C=O) groups excluding carboxylic acids is 2. The number of unbranched alkanes of at least 4 members (excludes halogenated alkanes) is 8. The SMILES string of the molecule is CCCC(CC)N(CCC(=O)OCCCCCCCC(C)C)CCC(=O)OCCCCCCCC(C)C. The Balaban J connectivity index is 4.15. The van der Waals surface area contributed by atoms with E-state index in [0.29, 0.717) is 45.2 Å². The Morgan fingerprint density at radius 1 is 0.595 bits per heavy atom. The summed E-state index contributed by atoms with van der Waals surface area (Å²) in [5.41, 5.74) is 0. The third-order valence-corrected chi connectivity index (χ3v) is 7.19. The van der Waals surface area contributed by atoms with Crippen molar-refractivity contribution in [2.45, 2.75) is 157 Å². The van der Waals surface area contributed by atoms with Gasteiger partial charge in [-0.15, -0.1) is 0 Å². The van der Waals surface area contributed by atoms with Gasteiger partial charge in [0, 0.05) is 19.1 Å². The van der Waals surface area contributed by atoms with Crippen molar-refractivity contribution in [3.05, 3.63) is 0 Å². The number of rotatable bonds is 26. The molecule has 0 aliphatic rings. The number of nitrogens with zero attached hydrogens (tertiary/aromatic N) is 1. The molecular formula is C32H63NO4. The second kappa shape index (κ2) is 25.2. The molecule has 0 heterocycles. The van der Waals surface area contributed by atoms with Crippen LogP contribution in [0.1, 0.15) is 151 Å². The smallest absolute Gasteiger partial charge is 0.307 e. The summed E-state index contributed by atoms with van der Waals surface area (Å²) in [4.78, 5) is 27.0. The van der Waals surface area contributed by atoms with Crippen molar-refractivity contribution < 1.29 is 19.1 Å². The lowest BCUT2D eigenvalue weighted by molar-refractivity contribution is -0.144. The van der Waals surface area contributed by atoms with E-state index in [-0.39, 0.29) is 11.9 Å². The topological polar surface area (TPSA) is 55.8 Å². The normalized spacial score (nSPS) is 12.5. The van der Waals surface area contributed by atoms with Crippen LogP contribution in [0.2, 0.25) is 0 Å². The lowest BCUT2D eigenvalue weighted by Crippen LogP contribution is -2.38.